The lowest BCUT2D eigenvalue weighted by Gasteiger charge is -2.58. The van der Waals surface area contributed by atoms with Gasteiger partial charge in [0.1, 0.15) is 0 Å². The van der Waals surface area contributed by atoms with E-state index in [9.17, 15) is 0 Å². The average molecular weight is 374 g/mol. The van der Waals surface area contributed by atoms with E-state index < -0.39 is 0 Å². The number of anilines is 1. The Labute approximate surface area is 162 Å². The van der Waals surface area contributed by atoms with Crippen molar-refractivity contribution in [3.05, 3.63) is 42.7 Å². The van der Waals surface area contributed by atoms with Crippen LogP contribution in [0.1, 0.15) is 18.5 Å². The van der Waals surface area contributed by atoms with Crippen molar-refractivity contribution < 1.29 is 0 Å². The maximum atomic E-state index is 4.66. The number of nitrogens with zero attached hydrogens (tertiary/aromatic N) is 7. The first-order valence-corrected chi connectivity index (χ1v) is 9.68. The number of imidazole rings is 1. The lowest BCUT2D eigenvalue weighted by atomic mass is 9.61. The Morgan fingerprint density at radius 2 is 1.93 bits per heavy atom. The van der Waals surface area contributed by atoms with Crippen molar-refractivity contribution in [1.82, 2.24) is 33.9 Å². The van der Waals surface area contributed by atoms with E-state index in [1.54, 1.807) is 0 Å². The highest BCUT2D eigenvalue weighted by molar-refractivity contribution is 5.79. The molecule has 0 bridgehead atoms. The Bertz CT molecular complexity index is 1190. The first-order valence-electron chi connectivity index (χ1n) is 9.68. The monoisotopic (exact) mass is 374 g/mol. The van der Waals surface area contributed by atoms with E-state index in [-0.39, 0.29) is 0 Å². The van der Waals surface area contributed by atoms with E-state index in [0.29, 0.717) is 23.2 Å². The highest BCUT2D eigenvalue weighted by Gasteiger charge is 2.51. The predicted molar refractivity (Wildman–Crippen MR) is 106 cm³/mol. The van der Waals surface area contributed by atoms with Gasteiger partial charge in [0.05, 0.1) is 17.9 Å². The molecule has 2 fully saturated rings. The lowest BCUT2D eigenvalue weighted by Crippen LogP contribution is -2.63. The molecular formula is C20H22N8. The van der Waals surface area contributed by atoms with Crippen LogP contribution in [0.4, 0.5) is 5.95 Å². The molecule has 8 heteroatoms. The zero-order chi connectivity index (χ0) is 18.9. The molecule has 1 saturated carbocycles. The van der Waals surface area contributed by atoms with Gasteiger partial charge in [-0.25, -0.2) is 19.5 Å². The molecule has 1 aliphatic heterocycles. The molecule has 0 unspecified atom stereocenters. The van der Waals surface area contributed by atoms with Gasteiger partial charge in [0.2, 0.25) is 11.7 Å². The standard InChI is InChI=1S/C20H22N8/c1-13-7-22-19-23-8-14(10-27(13)19)16-3-4-28-17(16)9-21-18(25-28)24-15-5-20(6-15)11-26(2)12-20/h3-4,7-10,15H,5-6,11-12H2,1-2H3,(H,24,25). The smallest absolute Gasteiger partial charge is 0.241 e. The van der Waals surface area contributed by atoms with E-state index in [2.05, 4.69) is 49.6 Å². The maximum absolute atomic E-state index is 4.66. The Balaban J connectivity index is 1.26. The molecule has 6 rings (SSSR count). The molecule has 28 heavy (non-hydrogen) atoms. The summed E-state index contributed by atoms with van der Waals surface area (Å²) < 4.78 is 3.89. The Morgan fingerprint density at radius 1 is 1.11 bits per heavy atom. The summed E-state index contributed by atoms with van der Waals surface area (Å²) in [6.45, 7) is 4.47. The van der Waals surface area contributed by atoms with Crippen molar-refractivity contribution in [1.29, 1.82) is 0 Å². The normalized spacial score (nSPS) is 19.2. The van der Waals surface area contributed by atoms with Crippen LogP contribution in [0, 0.1) is 12.3 Å². The fraction of sp³-hybridized carbons (Fsp3) is 0.400. The van der Waals surface area contributed by atoms with Gasteiger partial charge < -0.3 is 10.2 Å². The Morgan fingerprint density at radius 3 is 2.75 bits per heavy atom. The van der Waals surface area contributed by atoms with Crippen molar-refractivity contribution in [3.8, 4) is 11.1 Å². The summed E-state index contributed by atoms with van der Waals surface area (Å²) in [7, 11) is 2.19. The Hall–Kier alpha value is -3.00. The summed E-state index contributed by atoms with van der Waals surface area (Å²) in [6, 6.07) is 2.54. The Kier molecular flexibility index (Phi) is 3.15. The summed E-state index contributed by atoms with van der Waals surface area (Å²) in [5.41, 5.74) is 4.67. The molecule has 1 saturated heterocycles. The first kappa shape index (κ1) is 16.0. The molecule has 1 aliphatic carbocycles. The van der Waals surface area contributed by atoms with Crippen molar-refractivity contribution in [2.45, 2.75) is 25.8 Å². The van der Waals surface area contributed by atoms with Gasteiger partial charge in [0.25, 0.3) is 0 Å². The number of nitrogens with one attached hydrogen (secondary N) is 1. The quantitative estimate of drug-likeness (QED) is 0.593. The van der Waals surface area contributed by atoms with Crippen LogP contribution in [0.25, 0.3) is 22.4 Å². The average Bonchev–Trinajstić information content (AvgIpc) is 3.22. The van der Waals surface area contributed by atoms with Gasteiger partial charge in [-0.05, 0) is 38.3 Å². The van der Waals surface area contributed by atoms with Gasteiger partial charge in [-0.3, -0.25) is 4.40 Å². The van der Waals surface area contributed by atoms with Gasteiger partial charge >= 0.3 is 0 Å². The van der Waals surface area contributed by atoms with E-state index in [1.807, 2.05) is 40.6 Å². The number of hydrogen-bond acceptors (Lipinski definition) is 6. The van der Waals surface area contributed by atoms with Crippen LogP contribution in [-0.4, -0.2) is 60.0 Å². The fourth-order valence-corrected chi connectivity index (χ4v) is 4.96. The van der Waals surface area contributed by atoms with Crippen molar-refractivity contribution in [2.24, 2.45) is 5.41 Å². The minimum absolute atomic E-state index is 0.483. The van der Waals surface area contributed by atoms with Gasteiger partial charge in [-0.15, -0.1) is 5.10 Å². The van der Waals surface area contributed by atoms with Crippen LogP contribution >= 0.6 is 0 Å². The van der Waals surface area contributed by atoms with Crippen LogP contribution in [0.3, 0.4) is 0 Å². The second-order valence-corrected chi connectivity index (χ2v) is 8.48. The number of likely N-dealkylation sites (tertiary alicyclic amines) is 1. The number of fused-ring (bicyclic) bond motifs is 2. The molecule has 0 aromatic carbocycles. The second kappa shape index (κ2) is 5.51. The van der Waals surface area contributed by atoms with Crippen molar-refractivity contribution in [2.75, 3.05) is 25.5 Å². The molecule has 0 radical (unpaired) electrons. The molecule has 1 N–H and O–H groups in total. The molecule has 1 spiro atoms. The summed E-state index contributed by atoms with van der Waals surface area (Å²) in [5, 5.41) is 8.16. The minimum Gasteiger partial charge on any atom is -0.350 e. The van der Waals surface area contributed by atoms with E-state index in [1.165, 1.54) is 25.9 Å². The second-order valence-electron chi connectivity index (χ2n) is 8.48. The molecule has 4 aromatic heterocycles. The van der Waals surface area contributed by atoms with Crippen LogP contribution in [-0.2, 0) is 0 Å². The minimum atomic E-state index is 0.483. The van der Waals surface area contributed by atoms with Crippen molar-refractivity contribution in [3.63, 3.8) is 0 Å². The van der Waals surface area contributed by atoms with Gasteiger partial charge in [-0.1, -0.05) is 0 Å². The lowest BCUT2D eigenvalue weighted by molar-refractivity contribution is -0.0514. The zero-order valence-electron chi connectivity index (χ0n) is 16.0. The highest BCUT2D eigenvalue weighted by Crippen LogP contribution is 2.48. The van der Waals surface area contributed by atoms with E-state index in [4.69, 9.17) is 0 Å². The number of aromatic nitrogens is 6. The summed E-state index contributed by atoms with van der Waals surface area (Å²) >= 11 is 0. The first-order chi connectivity index (χ1) is 13.6. The molecule has 2 aliphatic rings. The third-order valence-electron chi connectivity index (χ3n) is 6.18. The molecular weight excluding hydrogens is 352 g/mol. The van der Waals surface area contributed by atoms with Gasteiger partial charge in [-0.2, -0.15) is 0 Å². The highest BCUT2D eigenvalue weighted by atomic mass is 15.3. The SMILES string of the molecule is Cc1cnc2ncc(-c3ccn4nc(NC5CC6(C5)CN(C)C6)ncc34)cn12. The predicted octanol–water partition coefficient (Wildman–Crippen LogP) is 2.25. The number of aryl methyl sites for hydroxylation is 1. The molecule has 5 heterocycles. The largest absolute Gasteiger partial charge is 0.350 e. The molecule has 4 aromatic rings. The van der Waals surface area contributed by atoms with E-state index in [0.717, 1.165) is 22.3 Å². The van der Waals surface area contributed by atoms with Gasteiger partial charge in [0, 0.05) is 54.5 Å². The summed E-state index contributed by atoms with van der Waals surface area (Å²) in [6.07, 6.45) is 12.0. The third kappa shape index (κ3) is 2.34. The van der Waals surface area contributed by atoms with Crippen molar-refractivity contribution >= 4 is 17.2 Å². The number of hydrogen-bond donors (Lipinski definition) is 1. The molecule has 0 atom stereocenters. The fourth-order valence-electron chi connectivity index (χ4n) is 4.96. The van der Waals surface area contributed by atoms with Crippen LogP contribution < -0.4 is 5.32 Å². The maximum Gasteiger partial charge on any atom is 0.241 e. The van der Waals surface area contributed by atoms with Crippen LogP contribution in [0.15, 0.2) is 37.1 Å². The number of rotatable bonds is 3. The molecule has 0 amide bonds. The summed E-state index contributed by atoms with van der Waals surface area (Å²) in [5.74, 6) is 1.41. The molecule has 8 nitrogen and oxygen atoms in total. The molecule has 142 valence electrons. The summed E-state index contributed by atoms with van der Waals surface area (Å²) in [4.78, 5) is 15.7. The van der Waals surface area contributed by atoms with E-state index >= 15 is 0 Å². The third-order valence-corrected chi connectivity index (χ3v) is 6.18. The van der Waals surface area contributed by atoms with Gasteiger partial charge in [0.15, 0.2) is 0 Å². The topological polar surface area (TPSA) is 75.7 Å². The van der Waals surface area contributed by atoms with Crippen LogP contribution in [0.2, 0.25) is 0 Å². The van der Waals surface area contributed by atoms with Crippen LogP contribution in [0.5, 0.6) is 0 Å². The zero-order valence-corrected chi connectivity index (χ0v) is 16.0.